The molecule has 0 fully saturated rings. The summed E-state index contributed by atoms with van der Waals surface area (Å²) in [5.74, 6) is 0. The second-order valence-electron chi connectivity index (χ2n) is 18.8. The monoisotopic (exact) mass is 823 g/mol. The van der Waals surface area contributed by atoms with Gasteiger partial charge in [-0.1, -0.05) is 185 Å². The van der Waals surface area contributed by atoms with E-state index in [9.17, 15) is 0 Å². The SMILES string of the molecule is CC1(C)c2ccccc2-c2ccc(N(c3ccc(-c4ccc5c(c4)C(C)(C)c4ccccc4C54c5ccccc5-c5ccccc54)cc3)c3cccc4c3sc3ccccc34)cc21. The summed E-state index contributed by atoms with van der Waals surface area (Å²) in [5, 5.41) is 2.61. The van der Waals surface area contributed by atoms with Crippen molar-refractivity contribution in [3.05, 3.63) is 245 Å². The van der Waals surface area contributed by atoms with Gasteiger partial charge < -0.3 is 4.90 Å². The number of rotatable bonds is 4. The minimum absolute atomic E-state index is 0.108. The molecule has 2 heteroatoms. The van der Waals surface area contributed by atoms with Gasteiger partial charge in [0.05, 0.1) is 15.8 Å². The van der Waals surface area contributed by atoms with E-state index in [1.807, 2.05) is 11.3 Å². The average molecular weight is 824 g/mol. The van der Waals surface area contributed by atoms with E-state index >= 15 is 0 Å². The number of hydrogen-bond donors (Lipinski definition) is 0. The Labute approximate surface area is 373 Å². The van der Waals surface area contributed by atoms with E-state index in [0.29, 0.717) is 0 Å². The molecule has 1 aromatic heterocycles. The Balaban J connectivity index is 0.975. The second kappa shape index (κ2) is 13.0. The van der Waals surface area contributed by atoms with Gasteiger partial charge in [0.15, 0.2) is 0 Å². The van der Waals surface area contributed by atoms with E-state index in [1.165, 1.54) is 109 Å². The number of anilines is 3. The quantitative estimate of drug-likeness (QED) is 0.171. The number of hydrogen-bond acceptors (Lipinski definition) is 2. The maximum Gasteiger partial charge on any atom is 0.0719 e. The maximum atomic E-state index is 2.50. The third-order valence-corrected chi connectivity index (χ3v) is 16.2. The third-order valence-electron chi connectivity index (χ3n) is 15.0. The highest BCUT2D eigenvalue weighted by atomic mass is 32.1. The van der Waals surface area contributed by atoms with Gasteiger partial charge in [0.2, 0.25) is 0 Å². The van der Waals surface area contributed by atoms with Crippen LogP contribution in [0.1, 0.15) is 72.2 Å². The summed E-state index contributed by atoms with van der Waals surface area (Å²) in [7, 11) is 0. The summed E-state index contributed by atoms with van der Waals surface area (Å²) in [6.07, 6.45) is 0. The first kappa shape index (κ1) is 36.6. The molecule has 3 aliphatic carbocycles. The van der Waals surface area contributed by atoms with Crippen LogP contribution in [0.15, 0.2) is 200 Å². The van der Waals surface area contributed by atoms with E-state index < -0.39 is 5.41 Å². The van der Waals surface area contributed by atoms with Gasteiger partial charge in [0.25, 0.3) is 0 Å². The van der Waals surface area contributed by atoms with Crippen LogP contribution in [0.2, 0.25) is 0 Å². The normalized spacial score (nSPS) is 15.4. The van der Waals surface area contributed by atoms with Crippen LogP contribution in [0, 0.1) is 0 Å². The lowest BCUT2D eigenvalue weighted by molar-refractivity contribution is 0.563. The summed E-state index contributed by atoms with van der Waals surface area (Å²) in [6, 6.07) is 75.8. The fraction of sp³-hybridized carbons (Fsp3) is 0.115. The van der Waals surface area contributed by atoms with Crippen LogP contribution in [0.5, 0.6) is 0 Å². The van der Waals surface area contributed by atoms with Crippen LogP contribution in [0.25, 0.3) is 53.6 Å². The van der Waals surface area contributed by atoms with Crippen molar-refractivity contribution in [2.75, 3.05) is 4.90 Å². The topological polar surface area (TPSA) is 3.24 Å². The zero-order chi connectivity index (χ0) is 42.2. The fourth-order valence-corrected chi connectivity index (χ4v) is 13.2. The molecule has 3 aliphatic rings. The number of benzene rings is 9. The van der Waals surface area contributed by atoms with Crippen molar-refractivity contribution in [1.82, 2.24) is 0 Å². The lowest BCUT2D eigenvalue weighted by atomic mass is 9.55. The van der Waals surface area contributed by atoms with E-state index in [2.05, 4.69) is 233 Å². The molecule has 0 unspecified atom stereocenters. The standard InChI is InChI=1S/C61H45NS/c1-59(2)48-21-9-5-16-42(48)45-34-33-41(37-54(45)59)62(56-26-15-20-47-46-19-8-14-27-57(46)63-58(47)56)40-31-28-38(29-32-40)39-30-35-53-55(36-39)60(3,4)51-24-12-13-25-52(51)61(53)49-22-10-6-17-43(49)44-18-7-11-23-50(44)61/h5-37H,1-4H3. The van der Waals surface area contributed by atoms with Gasteiger partial charge in [0, 0.05) is 37.7 Å². The largest absolute Gasteiger partial charge is 0.309 e. The highest BCUT2D eigenvalue weighted by molar-refractivity contribution is 7.26. The first-order valence-corrected chi connectivity index (χ1v) is 23.1. The molecule has 10 aromatic rings. The number of fused-ring (bicyclic) bond motifs is 15. The second-order valence-corrected chi connectivity index (χ2v) is 19.9. The first-order valence-electron chi connectivity index (χ1n) is 22.3. The van der Waals surface area contributed by atoms with Crippen molar-refractivity contribution in [3.8, 4) is 33.4 Å². The van der Waals surface area contributed by atoms with Crippen LogP contribution in [0.4, 0.5) is 17.1 Å². The molecule has 0 aliphatic heterocycles. The van der Waals surface area contributed by atoms with Gasteiger partial charge in [-0.3, -0.25) is 0 Å². The van der Waals surface area contributed by atoms with Gasteiger partial charge in [-0.05, 0) is 120 Å². The molecule has 0 atom stereocenters. The smallest absolute Gasteiger partial charge is 0.0719 e. The molecule has 300 valence electrons. The summed E-state index contributed by atoms with van der Waals surface area (Å²) >= 11 is 1.89. The summed E-state index contributed by atoms with van der Waals surface area (Å²) in [4.78, 5) is 2.49. The Bertz CT molecular complexity index is 3480. The van der Waals surface area contributed by atoms with E-state index in [0.717, 1.165) is 5.69 Å². The molecular weight excluding hydrogens is 779 g/mol. The molecule has 0 N–H and O–H groups in total. The molecule has 63 heavy (non-hydrogen) atoms. The lowest BCUT2D eigenvalue weighted by Crippen LogP contribution is -2.40. The highest BCUT2D eigenvalue weighted by Crippen LogP contribution is 2.62. The lowest BCUT2D eigenvalue weighted by Gasteiger charge is -2.46. The van der Waals surface area contributed by atoms with E-state index in [4.69, 9.17) is 0 Å². The Morgan fingerprint density at radius 1 is 0.349 bits per heavy atom. The van der Waals surface area contributed by atoms with Gasteiger partial charge in [-0.2, -0.15) is 0 Å². The van der Waals surface area contributed by atoms with Crippen LogP contribution < -0.4 is 4.90 Å². The molecule has 9 aromatic carbocycles. The Hall–Kier alpha value is -7.00. The molecule has 0 saturated heterocycles. The van der Waals surface area contributed by atoms with Gasteiger partial charge in [-0.25, -0.2) is 0 Å². The first-order chi connectivity index (χ1) is 30.8. The molecule has 13 rings (SSSR count). The van der Waals surface area contributed by atoms with Crippen molar-refractivity contribution >= 4 is 48.6 Å². The molecule has 1 heterocycles. The number of thiophene rings is 1. The Morgan fingerprint density at radius 3 is 1.60 bits per heavy atom. The van der Waals surface area contributed by atoms with E-state index in [1.54, 1.807) is 0 Å². The fourth-order valence-electron chi connectivity index (χ4n) is 12.0. The minimum Gasteiger partial charge on any atom is -0.309 e. The van der Waals surface area contributed by atoms with Crippen LogP contribution >= 0.6 is 11.3 Å². The highest BCUT2D eigenvalue weighted by Gasteiger charge is 2.53. The Kier molecular flexibility index (Phi) is 7.57. The predicted molar refractivity (Wildman–Crippen MR) is 266 cm³/mol. The van der Waals surface area contributed by atoms with Crippen LogP contribution in [-0.2, 0) is 16.2 Å². The van der Waals surface area contributed by atoms with Crippen molar-refractivity contribution in [3.63, 3.8) is 0 Å². The number of nitrogens with zero attached hydrogens (tertiary/aromatic N) is 1. The van der Waals surface area contributed by atoms with Crippen LogP contribution in [0.3, 0.4) is 0 Å². The average Bonchev–Trinajstić information content (AvgIpc) is 3.93. The maximum absolute atomic E-state index is 2.50. The van der Waals surface area contributed by atoms with E-state index in [-0.39, 0.29) is 10.8 Å². The zero-order valence-corrected chi connectivity index (χ0v) is 36.7. The molecule has 0 saturated carbocycles. The van der Waals surface area contributed by atoms with Crippen molar-refractivity contribution in [2.24, 2.45) is 0 Å². The van der Waals surface area contributed by atoms with Crippen molar-refractivity contribution in [2.45, 2.75) is 43.9 Å². The van der Waals surface area contributed by atoms with Gasteiger partial charge in [0.1, 0.15) is 0 Å². The van der Waals surface area contributed by atoms with Crippen molar-refractivity contribution < 1.29 is 0 Å². The molecule has 0 amide bonds. The van der Waals surface area contributed by atoms with Crippen LogP contribution in [-0.4, -0.2) is 0 Å². The zero-order valence-electron chi connectivity index (χ0n) is 35.9. The summed E-state index contributed by atoms with van der Waals surface area (Å²) in [5.41, 5.74) is 21.7. The molecule has 1 nitrogen and oxygen atoms in total. The predicted octanol–water partition coefficient (Wildman–Crippen LogP) is 16.5. The molecule has 0 radical (unpaired) electrons. The molecule has 1 spiro atoms. The Morgan fingerprint density at radius 2 is 0.873 bits per heavy atom. The minimum atomic E-state index is -0.392. The van der Waals surface area contributed by atoms with Gasteiger partial charge >= 0.3 is 0 Å². The third kappa shape index (κ3) is 4.88. The van der Waals surface area contributed by atoms with Gasteiger partial charge in [-0.15, -0.1) is 11.3 Å². The molecule has 0 bridgehead atoms. The summed E-state index contributed by atoms with van der Waals surface area (Å²) in [6.45, 7) is 9.58. The molecular formula is C61H45NS. The summed E-state index contributed by atoms with van der Waals surface area (Å²) < 4.78 is 2.61. The van der Waals surface area contributed by atoms with Crippen molar-refractivity contribution in [1.29, 1.82) is 0 Å².